The van der Waals surface area contributed by atoms with Gasteiger partial charge in [0.2, 0.25) is 4.80 Å². The number of amides is 3. The molecule has 1 aromatic heterocycles. The number of para-hydroxylation sites is 1. The highest BCUT2D eigenvalue weighted by Gasteiger charge is 2.36. The first-order valence-electron chi connectivity index (χ1n) is 7.88. The summed E-state index contributed by atoms with van der Waals surface area (Å²) in [4.78, 5) is 38.3. The van der Waals surface area contributed by atoms with Crippen LogP contribution in [0.15, 0.2) is 53.6 Å². The van der Waals surface area contributed by atoms with E-state index >= 15 is 0 Å². The Morgan fingerprint density at radius 3 is 2.31 bits per heavy atom. The highest BCUT2D eigenvalue weighted by atomic mass is 32.1. The summed E-state index contributed by atoms with van der Waals surface area (Å²) in [5, 5.41) is 4.12. The molecule has 1 aliphatic rings. The number of hydrogen-bond acceptors (Lipinski definition) is 5. The molecule has 0 bridgehead atoms. The highest BCUT2D eigenvalue weighted by molar-refractivity contribution is 7.16. The lowest BCUT2D eigenvalue weighted by Crippen LogP contribution is -2.39. The quantitative estimate of drug-likeness (QED) is 0.563. The molecule has 1 aliphatic heterocycles. The van der Waals surface area contributed by atoms with Crippen molar-refractivity contribution >= 4 is 39.3 Å². The molecule has 8 heteroatoms. The predicted molar refractivity (Wildman–Crippen MR) is 96.3 cm³/mol. The van der Waals surface area contributed by atoms with Crippen molar-refractivity contribution in [1.82, 2.24) is 14.9 Å². The van der Waals surface area contributed by atoms with Crippen molar-refractivity contribution in [3.8, 4) is 0 Å². The molecular formula is C18H14N4O3S. The zero-order valence-corrected chi connectivity index (χ0v) is 14.6. The minimum atomic E-state index is -0.531. The number of nitrogens with one attached hydrogen (secondary N) is 1. The lowest BCUT2D eigenvalue weighted by atomic mass is 10.1. The number of thiazole rings is 1. The van der Waals surface area contributed by atoms with Gasteiger partial charge in [0.05, 0.1) is 21.3 Å². The summed E-state index contributed by atoms with van der Waals surface area (Å²) in [5.74, 6) is -1.46. The fraction of sp³-hybridized carbons (Fsp3) is 0.111. The Morgan fingerprint density at radius 2 is 1.65 bits per heavy atom. The van der Waals surface area contributed by atoms with Crippen LogP contribution in [0.2, 0.25) is 0 Å². The Kier molecular flexibility index (Phi) is 3.89. The number of benzene rings is 2. The lowest BCUT2D eigenvalue weighted by Gasteiger charge is -2.11. The maximum Gasteiger partial charge on any atom is 0.262 e. The number of nitrogens with zero attached hydrogens (tertiary/aromatic N) is 3. The van der Waals surface area contributed by atoms with E-state index in [2.05, 4.69) is 10.5 Å². The molecule has 1 N–H and O–H groups in total. The third-order valence-electron chi connectivity index (χ3n) is 4.17. The van der Waals surface area contributed by atoms with Gasteiger partial charge >= 0.3 is 0 Å². The Hall–Kier alpha value is -3.26. The Balaban J connectivity index is 1.52. The molecular weight excluding hydrogens is 352 g/mol. The average molecular weight is 366 g/mol. The van der Waals surface area contributed by atoms with Crippen LogP contribution in [0.3, 0.4) is 0 Å². The number of hydrogen-bond donors (Lipinski definition) is 1. The Morgan fingerprint density at radius 1 is 1.04 bits per heavy atom. The first kappa shape index (κ1) is 16.2. The molecule has 3 amide bonds. The maximum absolute atomic E-state index is 12.3. The third kappa shape index (κ3) is 2.60. The molecule has 0 atom stereocenters. The average Bonchev–Trinajstić information content (AvgIpc) is 3.10. The maximum atomic E-state index is 12.3. The van der Waals surface area contributed by atoms with Crippen LogP contribution in [0, 0.1) is 0 Å². The van der Waals surface area contributed by atoms with Crippen LogP contribution < -0.4 is 10.2 Å². The van der Waals surface area contributed by atoms with Gasteiger partial charge in [0, 0.05) is 7.05 Å². The SMILES string of the molecule is Cn1/c(=N/NC(=O)CN2C(=O)c3ccccc3C2=O)sc2ccccc21. The third-order valence-corrected chi connectivity index (χ3v) is 5.28. The largest absolute Gasteiger partial charge is 0.318 e. The van der Waals surface area contributed by atoms with E-state index in [0.717, 1.165) is 15.1 Å². The van der Waals surface area contributed by atoms with E-state index in [4.69, 9.17) is 0 Å². The number of rotatable bonds is 3. The summed E-state index contributed by atoms with van der Waals surface area (Å²) < 4.78 is 2.91. The van der Waals surface area contributed by atoms with Crippen LogP contribution in [0.4, 0.5) is 0 Å². The molecule has 2 aromatic carbocycles. The molecule has 0 radical (unpaired) electrons. The number of imide groups is 1. The van der Waals surface area contributed by atoms with Crippen LogP contribution in [0.25, 0.3) is 10.2 Å². The zero-order valence-electron chi connectivity index (χ0n) is 13.8. The molecule has 0 spiro atoms. The van der Waals surface area contributed by atoms with Gasteiger partial charge in [-0.25, -0.2) is 5.43 Å². The second kappa shape index (κ2) is 6.23. The second-order valence-electron chi connectivity index (χ2n) is 5.80. The summed E-state index contributed by atoms with van der Waals surface area (Å²) in [7, 11) is 1.86. The topological polar surface area (TPSA) is 83.8 Å². The molecule has 0 fully saturated rings. The molecule has 2 heterocycles. The van der Waals surface area contributed by atoms with E-state index in [1.165, 1.54) is 11.3 Å². The van der Waals surface area contributed by atoms with Crippen molar-refractivity contribution in [2.45, 2.75) is 0 Å². The van der Waals surface area contributed by atoms with Crippen molar-refractivity contribution in [2.75, 3.05) is 6.54 Å². The molecule has 3 aromatic rings. The van der Waals surface area contributed by atoms with Gasteiger partial charge in [0.25, 0.3) is 17.7 Å². The molecule has 0 aliphatic carbocycles. The number of aryl methyl sites for hydroxylation is 1. The predicted octanol–water partition coefficient (Wildman–Crippen LogP) is 1.47. The molecule has 26 heavy (non-hydrogen) atoms. The van der Waals surface area contributed by atoms with E-state index in [-0.39, 0.29) is 6.54 Å². The normalized spacial score (nSPS) is 14.2. The number of aromatic nitrogens is 1. The van der Waals surface area contributed by atoms with Crippen LogP contribution in [0.5, 0.6) is 0 Å². The monoisotopic (exact) mass is 366 g/mol. The Labute approximate surface area is 152 Å². The fourth-order valence-electron chi connectivity index (χ4n) is 2.86. The van der Waals surface area contributed by atoms with Gasteiger partial charge in [-0.15, -0.1) is 5.10 Å². The standard InChI is InChI=1S/C18H14N4O3S/c1-21-13-8-4-5-9-14(13)26-18(21)20-19-15(23)10-22-16(24)11-6-2-3-7-12(11)17(22)25/h2-9H,10H2,1H3,(H,19,23)/b20-18-. The summed E-state index contributed by atoms with van der Waals surface area (Å²) in [5.41, 5.74) is 4.07. The molecule has 7 nitrogen and oxygen atoms in total. The number of carbonyl (C=O) groups is 3. The first-order chi connectivity index (χ1) is 12.6. The van der Waals surface area contributed by atoms with E-state index in [1.807, 2.05) is 35.9 Å². The molecule has 0 saturated heterocycles. The fourth-order valence-corrected chi connectivity index (χ4v) is 3.84. The van der Waals surface area contributed by atoms with Crippen LogP contribution in [0.1, 0.15) is 20.7 Å². The Bertz CT molecular complexity index is 1090. The van der Waals surface area contributed by atoms with E-state index in [9.17, 15) is 14.4 Å². The lowest BCUT2D eigenvalue weighted by molar-refractivity contribution is -0.121. The highest BCUT2D eigenvalue weighted by Crippen LogP contribution is 2.21. The van der Waals surface area contributed by atoms with Crippen molar-refractivity contribution in [3.63, 3.8) is 0 Å². The van der Waals surface area contributed by atoms with Crippen molar-refractivity contribution in [1.29, 1.82) is 0 Å². The minimum absolute atomic E-state index is 0.318. The van der Waals surface area contributed by atoms with Crippen LogP contribution in [-0.4, -0.2) is 33.7 Å². The van der Waals surface area contributed by atoms with E-state index in [1.54, 1.807) is 24.3 Å². The molecule has 0 unspecified atom stereocenters. The zero-order chi connectivity index (χ0) is 18.3. The smallest absolute Gasteiger partial charge is 0.262 e. The number of carbonyl (C=O) groups excluding carboxylic acids is 3. The van der Waals surface area contributed by atoms with E-state index < -0.39 is 17.7 Å². The van der Waals surface area contributed by atoms with Gasteiger partial charge in [-0.3, -0.25) is 19.3 Å². The van der Waals surface area contributed by atoms with Gasteiger partial charge in [-0.1, -0.05) is 35.6 Å². The summed E-state index contributed by atoms with van der Waals surface area (Å²) in [6.45, 7) is -0.371. The van der Waals surface area contributed by atoms with Gasteiger partial charge in [0.1, 0.15) is 6.54 Å². The van der Waals surface area contributed by atoms with Gasteiger partial charge in [-0.2, -0.15) is 0 Å². The second-order valence-corrected chi connectivity index (χ2v) is 6.81. The minimum Gasteiger partial charge on any atom is -0.318 e. The van der Waals surface area contributed by atoms with Gasteiger partial charge in [0.15, 0.2) is 0 Å². The molecule has 0 saturated carbocycles. The van der Waals surface area contributed by atoms with Crippen LogP contribution in [-0.2, 0) is 11.8 Å². The van der Waals surface area contributed by atoms with Crippen molar-refractivity contribution < 1.29 is 14.4 Å². The van der Waals surface area contributed by atoms with Crippen molar-refractivity contribution in [2.24, 2.45) is 12.1 Å². The summed E-state index contributed by atoms with van der Waals surface area (Å²) >= 11 is 1.43. The number of fused-ring (bicyclic) bond motifs is 2. The molecule has 130 valence electrons. The van der Waals surface area contributed by atoms with Crippen LogP contribution >= 0.6 is 11.3 Å². The van der Waals surface area contributed by atoms with Crippen molar-refractivity contribution in [3.05, 3.63) is 64.5 Å². The molecule has 4 rings (SSSR count). The first-order valence-corrected chi connectivity index (χ1v) is 8.70. The van der Waals surface area contributed by atoms with E-state index in [0.29, 0.717) is 15.9 Å². The van der Waals surface area contributed by atoms with Gasteiger partial charge < -0.3 is 4.57 Å². The summed E-state index contributed by atoms with van der Waals surface area (Å²) in [6.07, 6.45) is 0. The summed E-state index contributed by atoms with van der Waals surface area (Å²) in [6, 6.07) is 14.3. The van der Waals surface area contributed by atoms with Gasteiger partial charge in [-0.05, 0) is 24.3 Å².